The Labute approximate surface area is 161 Å². The average molecular weight is 362 g/mol. The lowest BCUT2D eigenvalue weighted by Crippen LogP contribution is -2.50. The molecule has 1 unspecified atom stereocenters. The number of nitrogens with zero attached hydrogens (tertiary/aromatic N) is 6. The molecule has 0 saturated carbocycles. The van der Waals surface area contributed by atoms with Gasteiger partial charge in [0.15, 0.2) is 0 Å². The van der Waals surface area contributed by atoms with Crippen LogP contribution in [-0.4, -0.2) is 60.7 Å². The minimum atomic E-state index is 0.633. The first-order valence-corrected chi connectivity index (χ1v) is 9.82. The molecular weight excluding hydrogens is 336 g/mol. The predicted molar refractivity (Wildman–Crippen MR) is 107 cm³/mol. The summed E-state index contributed by atoms with van der Waals surface area (Å²) in [5.41, 5.74) is 0.683. The average Bonchev–Trinajstić information content (AvgIpc) is 2.75. The van der Waals surface area contributed by atoms with Crippen molar-refractivity contribution >= 4 is 11.6 Å². The van der Waals surface area contributed by atoms with E-state index in [-0.39, 0.29) is 0 Å². The van der Waals surface area contributed by atoms with Gasteiger partial charge in [0.05, 0.1) is 5.56 Å². The van der Waals surface area contributed by atoms with Crippen LogP contribution in [0.3, 0.4) is 0 Å². The van der Waals surface area contributed by atoms with Gasteiger partial charge in [0.25, 0.3) is 0 Å². The summed E-state index contributed by atoms with van der Waals surface area (Å²) >= 11 is 0. The van der Waals surface area contributed by atoms with Crippen LogP contribution in [-0.2, 0) is 0 Å². The van der Waals surface area contributed by atoms with E-state index in [1.165, 1.54) is 12.8 Å². The summed E-state index contributed by atoms with van der Waals surface area (Å²) < 4.78 is 0. The molecule has 4 rings (SSSR count). The standard InChI is InChI=1S/C21H26N6/c22-15-19-6-3-9-24-21(19)27-10-4-5-18(17-27)16-25-11-13-26(14-12-25)20-7-1-2-8-23-20/h1-3,6-9,18H,4-5,10-14,16-17H2. The van der Waals surface area contributed by atoms with E-state index in [4.69, 9.17) is 0 Å². The van der Waals surface area contributed by atoms with Crippen LogP contribution in [0.4, 0.5) is 11.6 Å². The second kappa shape index (κ2) is 8.36. The van der Waals surface area contributed by atoms with Crippen LogP contribution >= 0.6 is 0 Å². The van der Waals surface area contributed by atoms with Gasteiger partial charge in [-0.25, -0.2) is 9.97 Å². The number of rotatable bonds is 4. The number of nitriles is 1. The van der Waals surface area contributed by atoms with Gasteiger partial charge in [-0.05, 0) is 43.0 Å². The van der Waals surface area contributed by atoms with Gasteiger partial charge in [-0.2, -0.15) is 5.26 Å². The minimum Gasteiger partial charge on any atom is -0.355 e. The van der Waals surface area contributed by atoms with E-state index in [0.29, 0.717) is 11.5 Å². The summed E-state index contributed by atoms with van der Waals surface area (Å²) in [5, 5.41) is 9.36. The van der Waals surface area contributed by atoms with Crippen LogP contribution < -0.4 is 9.80 Å². The van der Waals surface area contributed by atoms with Crippen molar-refractivity contribution in [2.75, 3.05) is 55.6 Å². The lowest BCUT2D eigenvalue weighted by atomic mass is 9.96. The smallest absolute Gasteiger partial charge is 0.146 e. The van der Waals surface area contributed by atoms with E-state index in [1.807, 2.05) is 24.4 Å². The first-order chi connectivity index (χ1) is 13.3. The first-order valence-electron chi connectivity index (χ1n) is 9.82. The van der Waals surface area contributed by atoms with Crippen molar-refractivity contribution in [3.05, 3.63) is 48.3 Å². The summed E-state index contributed by atoms with van der Waals surface area (Å²) in [6, 6.07) is 12.1. The fourth-order valence-corrected chi connectivity index (χ4v) is 4.21. The van der Waals surface area contributed by atoms with Gasteiger partial charge in [-0.1, -0.05) is 6.07 Å². The zero-order valence-electron chi connectivity index (χ0n) is 15.7. The maximum absolute atomic E-state index is 9.36. The minimum absolute atomic E-state index is 0.633. The van der Waals surface area contributed by atoms with Crippen LogP contribution in [0.2, 0.25) is 0 Å². The second-order valence-corrected chi connectivity index (χ2v) is 7.42. The highest BCUT2D eigenvalue weighted by Crippen LogP contribution is 2.25. The molecule has 2 aromatic rings. The van der Waals surface area contributed by atoms with Crippen LogP contribution in [0.5, 0.6) is 0 Å². The normalized spacial score (nSPS) is 21.1. The van der Waals surface area contributed by atoms with Crippen LogP contribution in [0.1, 0.15) is 18.4 Å². The van der Waals surface area contributed by atoms with E-state index in [0.717, 1.165) is 57.4 Å². The molecular formula is C21H26N6. The van der Waals surface area contributed by atoms with Gasteiger partial charge >= 0.3 is 0 Å². The maximum atomic E-state index is 9.36. The summed E-state index contributed by atoms with van der Waals surface area (Å²) in [6.45, 7) is 7.35. The molecule has 2 aliphatic rings. The summed E-state index contributed by atoms with van der Waals surface area (Å²) in [7, 11) is 0. The third kappa shape index (κ3) is 4.20. The molecule has 6 heteroatoms. The molecule has 0 aromatic carbocycles. The molecule has 0 spiro atoms. The van der Waals surface area contributed by atoms with Gasteiger partial charge in [0.1, 0.15) is 17.7 Å². The molecule has 2 aliphatic heterocycles. The molecule has 27 heavy (non-hydrogen) atoms. The van der Waals surface area contributed by atoms with Gasteiger partial charge < -0.3 is 9.80 Å². The number of piperazine rings is 1. The summed E-state index contributed by atoms with van der Waals surface area (Å²) in [5.74, 6) is 2.57. The van der Waals surface area contributed by atoms with Crippen molar-refractivity contribution < 1.29 is 0 Å². The van der Waals surface area contributed by atoms with Crippen molar-refractivity contribution in [3.63, 3.8) is 0 Å². The highest BCUT2D eigenvalue weighted by molar-refractivity contribution is 5.53. The third-order valence-corrected chi connectivity index (χ3v) is 5.59. The van der Waals surface area contributed by atoms with E-state index >= 15 is 0 Å². The second-order valence-electron chi connectivity index (χ2n) is 7.42. The highest BCUT2D eigenvalue weighted by Gasteiger charge is 2.26. The van der Waals surface area contributed by atoms with Crippen LogP contribution in [0, 0.1) is 17.2 Å². The Morgan fingerprint density at radius 1 is 0.963 bits per heavy atom. The van der Waals surface area contributed by atoms with Gasteiger partial charge in [0, 0.05) is 58.2 Å². The van der Waals surface area contributed by atoms with Crippen LogP contribution in [0.25, 0.3) is 0 Å². The lowest BCUT2D eigenvalue weighted by molar-refractivity contribution is 0.205. The topological polar surface area (TPSA) is 59.3 Å². The van der Waals surface area contributed by atoms with Gasteiger partial charge in [0.2, 0.25) is 0 Å². The first kappa shape index (κ1) is 17.7. The van der Waals surface area contributed by atoms with E-state index in [2.05, 4.69) is 42.9 Å². The number of hydrogen-bond donors (Lipinski definition) is 0. The molecule has 0 N–H and O–H groups in total. The Bertz CT molecular complexity index is 779. The fraction of sp³-hybridized carbons (Fsp3) is 0.476. The Morgan fingerprint density at radius 2 is 1.81 bits per heavy atom. The number of pyridine rings is 2. The van der Waals surface area contributed by atoms with E-state index in [1.54, 1.807) is 6.20 Å². The Kier molecular flexibility index (Phi) is 5.50. The van der Waals surface area contributed by atoms with Crippen LogP contribution in [0.15, 0.2) is 42.7 Å². The molecule has 6 nitrogen and oxygen atoms in total. The monoisotopic (exact) mass is 362 g/mol. The molecule has 2 saturated heterocycles. The maximum Gasteiger partial charge on any atom is 0.146 e. The lowest BCUT2D eigenvalue weighted by Gasteiger charge is -2.40. The van der Waals surface area contributed by atoms with E-state index in [9.17, 15) is 5.26 Å². The highest BCUT2D eigenvalue weighted by atomic mass is 15.3. The number of aromatic nitrogens is 2. The largest absolute Gasteiger partial charge is 0.355 e. The molecule has 4 heterocycles. The SMILES string of the molecule is N#Cc1cccnc1N1CCCC(CN2CCN(c3ccccn3)CC2)C1. The Hall–Kier alpha value is -2.65. The molecule has 140 valence electrons. The molecule has 0 amide bonds. The molecule has 0 radical (unpaired) electrons. The van der Waals surface area contributed by atoms with Crippen molar-refractivity contribution in [2.24, 2.45) is 5.92 Å². The predicted octanol–water partition coefficient (Wildman–Crippen LogP) is 2.39. The number of anilines is 2. The molecule has 0 aliphatic carbocycles. The van der Waals surface area contributed by atoms with Crippen molar-refractivity contribution in [2.45, 2.75) is 12.8 Å². The third-order valence-electron chi connectivity index (χ3n) is 5.59. The van der Waals surface area contributed by atoms with E-state index < -0.39 is 0 Å². The van der Waals surface area contributed by atoms with Gasteiger partial charge in [-0.15, -0.1) is 0 Å². The molecule has 2 fully saturated rings. The van der Waals surface area contributed by atoms with Crippen molar-refractivity contribution in [1.29, 1.82) is 5.26 Å². The van der Waals surface area contributed by atoms with Crippen molar-refractivity contribution in [3.8, 4) is 6.07 Å². The Morgan fingerprint density at radius 3 is 2.59 bits per heavy atom. The number of piperidine rings is 1. The molecule has 1 atom stereocenters. The zero-order valence-corrected chi connectivity index (χ0v) is 15.7. The van der Waals surface area contributed by atoms with Gasteiger partial charge in [-0.3, -0.25) is 4.90 Å². The zero-order chi connectivity index (χ0) is 18.5. The molecule has 2 aromatic heterocycles. The number of hydrogen-bond acceptors (Lipinski definition) is 6. The Balaban J connectivity index is 1.32. The summed E-state index contributed by atoms with van der Waals surface area (Å²) in [4.78, 5) is 16.2. The van der Waals surface area contributed by atoms with Crippen molar-refractivity contribution in [1.82, 2.24) is 14.9 Å². The fourth-order valence-electron chi connectivity index (χ4n) is 4.21. The quantitative estimate of drug-likeness (QED) is 0.832. The molecule has 0 bridgehead atoms. The summed E-state index contributed by atoms with van der Waals surface area (Å²) in [6.07, 6.45) is 6.08.